The molecule has 0 saturated heterocycles. The zero-order valence-corrected chi connectivity index (χ0v) is 14.8. The minimum atomic E-state index is -0.462. The van der Waals surface area contributed by atoms with E-state index in [9.17, 15) is 14.9 Å². The number of hydrogen-bond donors (Lipinski definition) is 1. The number of non-ortho nitro benzene ring substituents is 1. The highest BCUT2D eigenvalue weighted by Gasteiger charge is 2.19. The lowest BCUT2D eigenvalue weighted by Gasteiger charge is -2.26. The van der Waals surface area contributed by atoms with E-state index in [4.69, 9.17) is 0 Å². The number of nitro benzene ring substituents is 1. The van der Waals surface area contributed by atoms with Crippen LogP contribution in [0, 0.1) is 10.1 Å². The number of amides is 1. The van der Waals surface area contributed by atoms with Crippen molar-refractivity contribution in [2.24, 2.45) is 0 Å². The predicted octanol–water partition coefficient (Wildman–Crippen LogP) is 3.95. The zero-order chi connectivity index (χ0) is 16.8. The molecule has 1 aliphatic carbocycles. The lowest BCUT2D eigenvalue weighted by Crippen LogP contribution is -2.37. The van der Waals surface area contributed by atoms with Gasteiger partial charge in [-0.2, -0.15) is 0 Å². The van der Waals surface area contributed by atoms with Crippen LogP contribution >= 0.6 is 15.9 Å². The van der Waals surface area contributed by atoms with Gasteiger partial charge in [-0.25, -0.2) is 0 Å². The number of carbonyl (C=O) groups excluding carboxylic acids is 1. The van der Waals surface area contributed by atoms with Crippen LogP contribution in [0.15, 0.2) is 22.7 Å². The summed E-state index contributed by atoms with van der Waals surface area (Å²) in [5.74, 6) is -0.105. The van der Waals surface area contributed by atoms with Crippen molar-refractivity contribution in [1.82, 2.24) is 4.90 Å². The second-order valence-corrected chi connectivity index (χ2v) is 6.88. The number of nitrogens with one attached hydrogen (secondary N) is 1. The van der Waals surface area contributed by atoms with Gasteiger partial charge in [0.2, 0.25) is 5.91 Å². The van der Waals surface area contributed by atoms with Gasteiger partial charge in [-0.05, 0) is 41.9 Å². The normalized spacial score (nSPS) is 16.1. The summed E-state index contributed by atoms with van der Waals surface area (Å²) >= 11 is 3.26. The van der Waals surface area contributed by atoms with E-state index >= 15 is 0 Å². The molecule has 1 aliphatic rings. The Balaban J connectivity index is 1.92. The number of likely N-dealkylation sites (N-methyl/N-ethyl adjacent to an activating group) is 1. The highest BCUT2D eigenvalue weighted by Crippen LogP contribution is 2.27. The van der Waals surface area contributed by atoms with Crippen LogP contribution in [0.25, 0.3) is 0 Å². The second kappa shape index (κ2) is 8.40. The van der Waals surface area contributed by atoms with E-state index in [1.165, 1.54) is 37.8 Å². The van der Waals surface area contributed by atoms with Crippen LogP contribution in [0.5, 0.6) is 0 Å². The third-order valence-corrected chi connectivity index (χ3v) is 4.93. The number of benzene rings is 1. The highest BCUT2D eigenvalue weighted by molar-refractivity contribution is 9.10. The van der Waals surface area contributed by atoms with Crippen molar-refractivity contribution in [2.75, 3.05) is 18.9 Å². The van der Waals surface area contributed by atoms with E-state index in [0.717, 1.165) is 12.8 Å². The molecule has 0 heterocycles. The van der Waals surface area contributed by atoms with Crippen molar-refractivity contribution in [3.63, 3.8) is 0 Å². The molecule has 0 atom stereocenters. The van der Waals surface area contributed by atoms with Crippen LogP contribution in [0.4, 0.5) is 11.4 Å². The molecule has 1 fully saturated rings. The van der Waals surface area contributed by atoms with Crippen molar-refractivity contribution in [3.8, 4) is 0 Å². The maximum atomic E-state index is 12.2. The molecule has 1 amide bonds. The summed E-state index contributed by atoms with van der Waals surface area (Å²) in [6.45, 7) is 0.327. The summed E-state index contributed by atoms with van der Waals surface area (Å²) in [5.41, 5.74) is 0.542. The smallest absolute Gasteiger partial charge is 0.270 e. The Morgan fingerprint density at radius 2 is 2.00 bits per heavy atom. The van der Waals surface area contributed by atoms with Crippen LogP contribution in [0.1, 0.15) is 38.5 Å². The molecular weight excluding hydrogens is 362 g/mol. The van der Waals surface area contributed by atoms with Gasteiger partial charge in [0.1, 0.15) is 0 Å². The van der Waals surface area contributed by atoms with Crippen molar-refractivity contribution in [3.05, 3.63) is 32.8 Å². The molecule has 0 aromatic heterocycles. The van der Waals surface area contributed by atoms with Crippen molar-refractivity contribution in [2.45, 2.75) is 44.6 Å². The van der Waals surface area contributed by atoms with Crippen molar-refractivity contribution >= 4 is 33.2 Å². The summed E-state index contributed by atoms with van der Waals surface area (Å²) < 4.78 is 0.511. The standard InChI is InChI=1S/C16H22BrN3O3/c1-19(12-6-4-2-3-5-7-12)11-16(21)18-15-9-8-13(20(22)23)10-14(15)17/h8-10,12H,2-7,11H2,1H3,(H,18,21). The molecule has 1 aromatic rings. The summed E-state index contributed by atoms with van der Waals surface area (Å²) in [6, 6.07) is 4.79. The van der Waals surface area contributed by atoms with Gasteiger partial charge in [0.05, 0.1) is 17.2 Å². The molecule has 1 saturated carbocycles. The molecule has 1 N–H and O–H groups in total. The molecular formula is C16H22BrN3O3. The molecule has 2 rings (SSSR count). The Labute approximate surface area is 144 Å². The van der Waals surface area contributed by atoms with Gasteiger partial charge < -0.3 is 5.32 Å². The Kier molecular flexibility index (Phi) is 6.53. The SMILES string of the molecule is CN(CC(=O)Nc1ccc([N+](=O)[O-])cc1Br)C1CCCCCC1. The fourth-order valence-corrected chi connectivity index (χ4v) is 3.43. The summed E-state index contributed by atoms with van der Waals surface area (Å²) in [7, 11) is 1.99. The Morgan fingerprint density at radius 1 is 1.35 bits per heavy atom. The lowest BCUT2D eigenvalue weighted by molar-refractivity contribution is -0.384. The van der Waals surface area contributed by atoms with Crippen LogP contribution in [0.2, 0.25) is 0 Å². The molecule has 0 radical (unpaired) electrons. The number of nitro groups is 1. The first-order valence-corrected chi connectivity index (χ1v) is 8.70. The third kappa shape index (κ3) is 5.28. The summed E-state index contributed by atoms with van der Waals surface area (Å²) in [4.78, 5) is 24.6. The van der Waals surface area contributed by atoms with E-state index in [0.29, 0.717) is 22.7 Å². The van der Waals surface area contributed by atoms with Gasteiger partial charge in [-0.1, -0.05) is 25.7 Å². The van der Waals surface area contributed by atoms with Crippen LogP contribution in [-0.4, -0.2) is 35.4 Å². The molecule has 1 aromatic carbocycles. The number of carbonyl (C=O) groups is 1. The molecule has 126 valence electrons. The largest absolute Gasteiger partial charge is 0.324 e. The molecule has 7 heteroatoms. The first kappa shape index (κ1) is 17.9. The second-order valence-electron chi connectivity index (χ2n) is 6.03. The van der Waals surface area contributed by atoms with E-state index in [1.807, 2.05) is 7.05 Å². The summed E-state index contributed by atoms with van der Waals surface area (Å²) in [6.07, 6.45) is 7.31. The first-order valence-electron chi connectivity index (χ1n) is 7.91. The maximum absolute atomic E-state index is 12.2. The highest BCUT2D eigenvalue weighted by atomic mass is 79.9. The summed E-state index contributed by atoms with van der Waals surface area (Å²) in [5, 5.41) is 13.5. The molecule has 6 nitrogen and oxygen atoms in total. The molecule has 0 spiro atoms. The van der Waals surface area contributed by atoms with Gasteiger partial charge in [0, 0.05) is 22.6 Å². The Morgan fingerprint density at radius 3 is 2.57 bits per heavy atom. The van der Waals surface area contributed by atoms with Gasteiger partial charge in [0.25, 0.3) is 5.69 Å². The van der Waals surface area contributed by atoms with E-state index in [-0.39, 0.29) is 11.6 Å². The monoisotopic (exact) mass is 383 g/mol. The van der Waals surface area contributed by atoms with E-state index in [2.05, 4.69) is 26.1 Å². The van der Waals surface area contributed by atoms with Gasteiger partial charge in [-0.15, -0.1) is 0 Å². The van der Waals surface area contributed by atoms with Crippen molar-refractivity contribution < 1.29 is 9.72 Å². The molecule has 0 aliphatic heterocycles. The molecule has 0 unspecified atom stereocenters. The lowest BCUT2D eigenvalue weighted by atomic mass is 10.1. The Hall–Kier alpha value is -1.47. The average molecular weight is 384 g/mol. The number of rotatable bonds is 5. The topological polar surface area (TPSA) is 75.5 Å². The molecule has 0 bridgehead atoms. The predicted molar refractivity (Wildman–Crippen MR) is 93.5 cm³/mol. The van der Waals surface area contributed by atoms with E-state index < -0.39 is 4.92 Å². The van der Waals surface area contributed by atoms with Crippen LogP contribution < -0.4 is 5.32 Å². The number of nitrogens with zero attached hydrogens (tertiary/aromatic N) is 2. The van der Waals surface area contributed by atoms with Crippen LogP contribution in [0.3, 0.4) is 0 Å². The quantitative estimate of drug-likeness (QED) is 0.474. The molecule has 23 heavy (non-hydrogen) atoms. The number of anilines is 1. The fraction of sp³-hybridized carbons (Fsp3) is 0.562. The minimum absolute atomic E-state index is 0.00884. The first-order chi connectivity index (χ1) is 11.0. The zero-order valence-electron chi connectivity index (χ0n) is 13.3. The minimum Gasteiger partial charge on any atom is -0.324 e. The van der Waals surface area contributed by atoms with Gasteiger partial charge in [0.15, 0.2) is 0 Å². The van der Waals surface area contributed by atoms with Crippen LogP contribution in [-0.2, 0) is 4.79 Å². The van der Waals surface area contributed by atoms with E-state index in [1.54, 1.807) is 6.07 Å². The maximum Gasteiger partial charge on any atom is 0.270 e. The third-order valence-electron chi connectivity index (χ3n) is 4.28. The number of hydrogen-bond acceptors (Lipinski definition) is 4. The fourth-order valence-electron chi connectivity index (χ4n) is 2.96. The van der Waals surface area contributed by atoms with Crippen molar-refractivity contribution in [1.29, 1.82) is 0 Å². The number of halogens is 1. The van der Waals surface area contributed by atoms with Gasteiger partial charge in [-0.3, -0.25) is 19.8 Å². The Bertz CT molecular complexity index is 572. The van der Waals surface area contributed by atoms with Gasteiger partial charge >= 0.3 is 0 Å². The average Bonchev–Trinajstić information content (AvgIpc) is 2.78.